The predicted octanol–water partition coefficient (Wildman–Crippen LogP) is 2.62. The highest BCUT2D eigenvalue weighted by atomic mass is 19.1. The summed E-state index contributed by atoms with van der Waals surface area (Å²) < 4.78 is 18.1. The highest BCUT2D eigenvalue weighted by Gasteiger charge is 2.17. The van der Waals surface area contributed by atoms with Crippen LogP contribution in [0.5, 0.6) is 5.75 Å². The van der Waals surface area contributed by atoms with Gasteiger partial charge in [-0.3, -0.25) is 5.43 Å². The van der Waals surface area contributed by atoms with Crippen molar-refractivity contribution in [2.24, 2.45) is 0 Å². The SMILES string of the molecule is CC(NNC(=O)OC(C)(C)C)c1cc(F)ccc1O. The van der Waals surface area contributed by atoms with Crippen LogP contribution >= 0.6 is 0 Å². The Labute approximate surface area is 111 Å². The molecule has 5 nitrogen and oxygen atoms in total. The van der Waals surface area contributed by atoms with Gasteiger partial charge in [0.15, 0.2) is 0 Å². The number of phenolic OH excluding ortho intramolecular Hbond substituents is 1. The molecule has 0 aliphatic carbocycles. The summed E-state index contributed by atoms with van der Waals surface area (Å²) in [4.78, 5) is 11.4. The van der Waals surface area contributed by atoms with Crippen LogP contribution in [-0.4, -0.2) is 16.8 Å². The summed E-state index contributed by atoms with van der Waals surface area (Å²) in [7, 11) is 0. The molecular formula is C13H19FN2O3. The van der Waals surface area contributed by atoms with Gasteiger partial charge in [0.25, 0.3) is 0 Å². The first-order valence-corrected chi connectivity index (χ1v) is 5.92. The maximum Gasteiger partial charge on any atom is 0.422 e. The minimum absolute atomic E-state index is 0.0487. The normalized spacial score (nSPS) is 12.9. The number of hydrazine groups is 1. The zero-order valence-electron chi connectivity index (χ0n) is 11.5. The number of hydrogen-bond acceptors (Lipinski definition) is 4. The summed E-state index contributed by atoms with van der Waals surface area (Å²) >= 11 is 0. The zero-order valence-corrected chi connectivity index (χ0v) is 11.5. The average Bonchev–Trinajstić information content (AvgIpc) is 2.27. The third-order valence-electron chi connectivity index (χ3n) is 2.25. The van der Waals surface area contributed by atoms with E-state index in [9.17, 15) is 14.3 Å². The van der Waals surface area contributed by atoms with Crippen LogP contribution in [0.4, 0.5) is 9.18 Å². The summed E-state index contributed by atoms with van der Waals surface area (Å²) in [5.41, 5.74) is 4.72. The molecule has 3 N–H and O–H groups in total. The van der Waals surface area contributed by atoms with Crippen molar-refractivity contribution in [2.75, 3.05) is 0 Å². The minimum atomic E-state index is -0.643. The van der Waals surface area contributed by atoms with E-state index in [1.807, 2.05) is 0 Å². The van der Waals surface area contributed by atoms with E-state index >= 15 is 0 Å². The highest BCUT2D eigenvalue weighted by molar-refractivity contribution is 5.67. The molecule has 0 saturated heterocycles. The monoisotopic (exact) mass is 270 g/mol. The van der Waals surface area contributed by atoms with Gasteiger partial charge in [-0.1, -0.05) is 0 Å². The fraction of sp³-hybridized carbons (Fsp3) is 0.462. The molecule has 0 aliphatic rings. The number of halogens is 1. The number of carbonyl (C=O) groups is 1. The van der Waals surface area contributed by atoms with Crippen LogP contribution in [0.3, 0.4) is 0 Å². The van der Waals surface area contributed by atoms with E-state index in [-0.39, 0.29) is 5.75 Å². The van der Waals surface area contributed by atoms with Gasteiger partial charge in [0.1, 0.15) is 17.2 Å². The maximum atomic E-state index is 13.1. The Balaban J connectivity index is 2.58. The van der Waals surface area contributed by atoms with E-state index in [1.54, 1.807) is 27.7 Å². The van der Waals surface area contributed by atoms with E-state index < -0.39 is 23.6 Å². The number of aromatic hydroxyl groups is 1. The van der Waals surface area contributed by atoms with E-state index in [1.165, 1.54) is 12.1 Å². The van der Waals surface area contributed by atoms with Crippen LogP contribution in [-0.2, 0) is 4.74 Å². The van der Waals surface area contributed by atoms with Crippen molar-refractivity contribution >= 4 is 6.09 Å². The smallest absolute Gasteiger partial charge is 0.422 e. The van der Waals surface area contributed by atoms with Crippen molar-refractivity contribution in [3.05, 3.63) is 29.6 Å². The van der Waals surface area contributed by atoms with Crippen LogP contribution < -0.4 is 10.9 Å². The molecule has 1 unspecified atom stereocenters. The lowest BCUT2D eigenvalue weighted by atomic mass is 10.1. The lowest BCUT2D eigenvalue weighted by molar-refractivity contribution is 0.0489. The zero-order chi connectivity index (χ0) is 14.6. The van der Waals surface area contributed by atoms with Gasteiger partial charge in [0, 0.05) is 5.56 Å². The van der Waals surface area contributed by atoms with Crippen molar-refractivity contribution in [3.63, 3.8) is 0 Å². The third-order valence-corrected chi connectivity index (χ3v) is 2.25. The molecule has 106 valence electrons. The van der Waals surface area contributed by atoms with Crippen LogP contribution in [0.25, 0.3) is 0 Å². The molecule has 0 radical (unpaired) electrons. The van der Waals surface area contributed by atoms with Crippen LogP contribution in [0.15, 0.2) is 18.2 Å². The van der Waals surface area contributed by atoms with Crippen molar-refractivity contribution in [1.29, 1.82) is 0 Å². The largest absolute Gasteiger partial charge is 0.508 e. The summed E-state index contributed by atoms with van der Waals surface area (Å²) in [6, 6.07) is 3.15. The number of hydrogen-bond donors (Lipinski definition) is 3. The van der Waals surface area contributed by atoms with Gasteiger partial charge in [0.05, 0.1) is 6.04 Å². The summed E-state index contributed by atoms with van der Waals surface area (Å²) in [6.45, 7) is 6.91. The number of ether oxygens (including phenoxy) is 1. The number of nitrogens with one attached hydrogen (secondary N) is 2. The third kappa shape index (κ3) is 5.13. The molecule has 0 saturated carbocycles. The average molecular weight is 270 g/mol. The standard InChI is InChI=1S/C13H19FN2O3/c1-8(10-7-9(14)5-6-11(10)17)15-16-12(18)19-13(2,3)4/h5-8,15,17H,1-4H3,(H,16,18). The number of phenols is 1. The Morgan fingerprint density at radius 3 is 2.63 bits per heavy atom. The Morgan fingerprint density at radius 1 is 1.42 bits per heavy atom. The van der Waals surface area contributed by atoms with Crippen molar-refractivity contribution < 1.29 is 19.0 Å². The Hall–Kier alpha value is -1.82. The number of benzene rings is 1. The minimum Gasteiger partial charge on any atom is -0.508 e. The highest BCUT2D eigenvalue weighted by Crippen LogP contribution is 2.24. The Bertz CT molecular complexity index is 458. The predicted molar refractivity (Wildman–Crippen MR) is 69.0 cm³/mol. The van der Waals surface area contributed by atoms with Gasteiger partial charge in [-0.15, -0.1) is 0 Å². The molecule has 0 aromatic heterocycles. The van der Waals surface area contributed by atoms with E-state index in [0.29, 0.717) is 5.56 Å². The van der Waals surface area contributed by atoms with E-state index in [2.05, 4.69) is 10.9 Å². The molecule has 0 bridgehead atoms. The molecule has 1 amide bonds. The molecule has 1 aromatic carbocycles. The van der Waals surface area contributed by atoms with Gasteiger partial charge >= 0.3 is 6.09 Å². The van der Waals surface area contributed by atoms with Crippen molar-refractivity contribution in [3.8, 4) is 5.75 Å². The fourth-order valence-corrected chi connectivity index (χ4v) is 1.42. The summed E-state index contributed by atoms with van der Waals surface area (Å²) in [6.07, 6.45) is -0.643. The molecule has 19 heavy (non-hydrogen) atoms. The maximum absolute atomic E-state index is 13.1. The first-order chi connectivity index (χ1) is 8.69. The molecule has 1 aromatic rings. The Kier molecular flexibility index (Phi) is 4.72. The van der Waals surface area contributed by atoms with Gasteiger partial charge in [-0.25, -0.2) is 14.6 Å². The number of amides is 1. The van der Waals surface area contributed by atoms with Gasteiger partial charge < -0.3 is 9.84 Å². The quantitative estimate of drug-likeness (QED) is 0.738. The number of rotatable bonds is 3. The van der Waals surface area contributed by atoms with E-state index in [4.69, 9.17) is 4.74 Å². The summed E-state index contributed by atoms with van der Waals surface area (Å²) in [5.74, 6) is -0.508. The second kappa shape index (κ2) is 5.88. The topological polar surface area (TPSA) is 70.6 Å². The Morgan fingerprint density at radius 2 is 2.05 bits per heavy atom. The second-order valence-electron chi connectivity index (χ2n) is 5.20. The molecule has 0 spiro atoms. The molecule has 0 heterocycles. The van der Waals surface area contributed by atoms with Crippen LogP contribution in [0.1, 0.15) is 39.3 Å². The fourth-order valence-electron chi connectivity index (χ4n) is 1.42. The molecular weight excluding hydrogens is 251 g/mol. The van der Waals surface area contributed by atoms with Gasteiger partial charge in [0.2, 0.25) is 0 Å². The molecule has 1 atom stereocenters. The summed E-state index contributed by atoms with van der Waals surface area (Å²) in [5, 5.41) is 9.61. The molecule has 0 fully saturated rings. The number of carbonyl (C=O) groups excluding carboxylic acids is 1. The first-order valence-electron chi connectivity index (χ1n) is 5.92. The van der Waals surface area contributed by atoms with Gasteiger partial charge in [-0.2, -0.15) is 0 Å². The molecule has 1 rings (SSSR count). The second-order valence-corrected chi connectivity index (χ2v) is 5.20. The lowest BCUT2D eigenvalue weighted by Gasteiger charge is -2.21. The van der Waals surface area contributed by atoms with E-state index in [0.717, 1.165) is 6.07 Å². The lowest BCUT2D eigenvalue weighted by Crippen LogP contribution is -2.42. The molecule has 0 aliphatic heterocycles. The van der Waals surface area contributed by atoms with Crippen molar-refractivity contribution in [2.45, 2.75) is 39.3 Å². The van der Waals surface area contributed by atoms with Gasteiger partial charge in [-0.05, 0) is 45.9 Å². The molecule has 6 heteroatoms. The van der Waals surface area contributed by atoms with Crippen molar-refractivity contribution in [1.82, 2.24) is 10.9 Å². The first kappa shape index (κ1) is 15.2. The van der Waals surface area contributed by atoms with Crippen LogP contribution in [0.2, 0.25) is 0 Å². The van der Waals surface area contributed by atoms with Crippen LogP contribution in [0, 0.1) is 5.82 Å².